The van der Waals surface area contributed by atoms with Gasteiger partial charge in [0.25, 0.3) is 0 Å². The number of benzene rings is 2. The van der Waals surface area contributed by atoms with E-state index < -0.39 is 10.8 Å². The third-order valence-corrected chi connectivity index (χ3v) is 4.62. The second-order valence-electron chi connectivity index (χ2n) is 3.52. The van der Waals surface area contributed by atoms with Gasteiger partial charge in [-0.2, -0.15) is 0 Å². The quantitative estimate of drug-likeness (QED) is 0.820. The lowest BCUT2D eigenvalue weighted by atomic mass is 10.2. The molecule has 0 saturated heterocycles. The Morgan fingerprint density at radius 2 is 1.75 bits per heavy atom. The van der Waals surface area contributed by atoms with Crippen molar-refractivity contribution in [3.05, 3.63) is 58.6 Å². The second kappa shape index (κ2) is 4.93. The topological polar surface area (TPSA) is 17.1 Å². The number of hydrogen-bond donors (Lipinski definition) is 0. The molecule has 0 bridgehead atoms. The summed E-state index contributed by atoms with van der Waals surface area (Å²) in [5.74, 6) is 0. The predicted octanol–water partition coefficient (Wildman–Crippen LogP) is 3.92. The summed E-state index contributed by atoms with van der Waals surface area (Å²) in [5, 5.41) is 0. The molecule has 3 heteroatoms. The summed E-state index contributed by atoms with van der Waals surface area (Å²) in [6, 6.07) is 15.3. The lowest BCUT2D eigenvalue weighted by Crippen LogP contribution is -1.94. The van der Waals surface area contributed by atoms with Gasteiger partial charge in [0.1, 0.15) is 0 Å². The Morgan fingerprint density at radius 3 is 2.38 bits per heavy atom. The van der Waals surface area contributed by atoms with Crippen LogP contribution < -0.4 is 0 Å². The molecule has 0 saturated carbocycles. The SMILES string of the molecule is Cc1ccc(S(=O)c2ccccc2)c(Br)c1. The minimum absolute atomic E-state index is 0.816. The molecule has 1 nitrogen and oxygen atoms in total. The molecular formula is C13H11BrOS. The number of halogens is 1. The van der Waals surface area contributed by atoms with Crippen LogP contribution in [0.1, 0.15) is 5.56 Å². The van der Waals surface area contributed by atoms with E-state index in [1.807, 2.05) is 55.5 Å². The molecule has 0 N–H and O–H groups in total. The normalized spacial score (nSPS) is 12.4. The van der Waals surface area contributed by atoms with Gasteiger partial charge < -0.3 is 0 Å². The molecule has 1 unspecified atom stereocenters. The highest BCUT2D eigenvalue weighted by atomic mass is 79.9. The molecule has 0 amide bonds. The van der Waals surface area contributed by atoms with E-state index in [1.54, 1.807) is 0 Å². The van der Waals surface area contributed by atoms with Gasteiger partial charge in [0.15, 0.2) is 0 Å². The summed E-state index contributed by atoms with van der Waals surface area (Å²) in [7, 11) is -1.11. The average molecular weight is 295 g/mol. The van der Waals surface area contributed by atoms with Crippen LogP contribution in [0, 0.1) is 6.92 Å². The Labute approximate surface area is 106 Å². The minimum Gasteiger partial charge on any atom is -0.249 e. The molecule has 0 spiro atoms. The first kappa shape index (κ1) is 11.6. The zero-order valence-corrected chi connectivity index (χ0v) is 11.2. The average Bonchev–Trinajstić information content (AvgIpc) is 2.29. The van der Waals surface area contributed by atoms with Gasteiger partial charge in [-0.1, -0.05) is 24.3 Å². The Balaban J connectivity index is 2.42. The Kier molecular flexibility index (Phi) is 3.56. The highest BCUT2D eigenvalue weighted by Crippen LogP contribution is 2.25. The maximum Gasteiger partial charge on any atom is 0.0861 e. The van der Waals surface area contributed by atoms with E-state index in [0.717, 1.165) is 19.8 Å². The zero-order valence-electron chi connectivity index (χ0n) is 8.81. The highest BCUT2D eigenvalue weighted by molar-refractivity contribution is 9.10. The van der Waals surface area contributed by atoms with Crippen molar-refractivity contribution in [3.8, 4) is 0 Å². The lowest BCUT2D eigenvalue weighted by Gasteiger charge is -2.05. The van der Waals surface area contributed by atoms with Gasteiger partial charge >= 0.3 is 0 Å². The van der Waals surface area contributed by atoms with Crippen molar-refractivity contribution in [2.24, 2.45) is 0 Å². The van der Waals surface area contributed by atoms with Crippen molar-refractivity contribution in [1.29, 1.82) is 0 Å². The molecule has 2 aromatic rings. The lowest BCUT2D eigenvalue weighted by molar-refractivity contribution is 0.683. The molecular weight excluding hydrogens is 284 g/mol. The van der Waals surface area contributed by atoms with Crippen LogP contribution in [0.2, 0.25) is 0 Å². The van der Waals surface area contributed by atoms with Crippen LogP contribution in [0.3, 0.4) is 0 Å². The van der Waals surface area contributed by atoms with Crippen molar-refractivity contribution in [1.82, 2.24) is 0 Å². The molecule has 0 aliphatic heterocycles. The van der Waals surface area contributed by atoms with Gasteiger partial charge in [0.05, 0.1) is 15.7 Å². The van der Waals surface area contributed by atoms with Crippen molar-refractivity contribution in [3.63, 3.8) is 0 Å². The molecule has 0 heterocycles. The minimum atomic E-state index is -1.11. The van der Waals surface area contributed by atoms with E-state index in [1.165, 1.54) is 0 Å². The van der Waals surface area contributed by atoms with Gasteiger partial charge in [-0.05, 0) is 52.7 Å². The van der Waals surface area contributed by atoms with Crippen molar-refractivity contribution >= 4 is 26.7 Å². The van der Waals surface area contributed by atoms with E-state index in [2.05, 4.69) is 15.9 Å². The molecule has 2 rings (SSSR count). The van der Waals surface area contributed by atoms with E-state index >= 15 is 0 Å². The molecule has 0 aromatic heterocycles. The summed E-state index contributed by atoms with van der Waals surface area (Å²) in [4.78, 5) is 1.64. The van der Waals surface area contributed by atoms with Crippen LogP contribution in [-0.2, 0) is 10.8 Å². The van der Waals surface area contributed by atoms with Crippen LogP contribution in [0.5, 0.6) is 0 Å². The molecule has 1 atom stereocenters. The van der Waals surface area contributed by atoms with E-state index in [0.29, 0.717) is 0 Å². The Bertz CT molecular complexity index is 523. The Hall–Kier alpha value is -0.930. The van der Waals surface area contributed by atoms with Gasteiger partial charge in [-0.25, -0.2) is 4.21 Å². The summed E-state index contributed by atoms with van der Waals surface area (Å²) < 4.78 is 13.2. The fourth-order valence-corrected chi connectivity index (χ4v) is 3.45. The molecule has 0 fully saturated rings. The summed E-state index contributed by atoms with van der Waals surface area (Å²) in [6.07, 6.45) is 0. The fourth-order valence-electron chi connectivity index (χ4n) is 1.43. The molecule has 2 aromatic carbocycles. The van der Waals surface area contributed by atoms with Crippen molar-refractivity contribution < 1.29 is 4.21 Å². The van der Waals surface area contributed by atoms with Gasteiger partial charge in [0, 0.05) is 9.37 Å². The predicted molar refractivity (Wildman–Crippen MR) is 70.0 cm³/mol. The first-order valence-corrected chi connectivity index (χ1v) is 6.86. The maximum atomic E-state index is 12.3. The third kappa shape index (κ3) is 2.42. The van der Waals surface area contributed by atoms with Crippen LogP contribution in [-0.4, -0.2) is 4.21 Å². The zero-order chi connectivity index (χ0) is 11.5. The second-order valence-corrected chi connectivity index (χ2v) is 5.82. The fraction of sp³-hybridized carbons (Fsp3) is 0.0769. The van der Waals surface area contributed by atoms with Crippen molar-refractivity contribution in [2.75, 3.05) is 0 Å². The standard InChI is InChI=1S/C13H11BrOS/c1-10-7-8-13(12(14)9-10)16(15)11-5-3-2-4-6-11/h2-9H,1H3. The largest absolute Gasteiger partial charge is 0.249 e. The van der Waals surface area contributed by atoms with E-state index in [-0.39, 0.29) is 0 Å². The van der Waals surface area contributed by atoms with E-state index in [4.69, 9.17) is 0 Å². The molecule has 0 radical (unpaired) electrons. The Morgan fingerprint density at radius 1 is 1.06 bits per heavy atom. The number of hydrogen-bond acceptors (Lipinski definition) is 1. The molecule has 0 aliphatic rings. The van der Waals surface area contributed by atoms with E-state index in [9.17, 15) is 4.21 Å². The first-order chi connectivity index (χ1) is 7.68. The van der Waals surface area contributed by atoms with Crippen LogP contribution in [0.25, 0.3) is 0 Å². The van der Waals surface area contributed by atoms with Gasteiger partial charge in [-0.3, -0.25) is 0 Å². The summed E-state index contributed by atoms with van der Waals surface area (Å²) in [5.41, 5.74) is 1.15. The van der Waals surface area contributed by atoms with Crippen molar-refractivity contribution in [2.45, 2.75) is 16.7 Å². The monoisotopic (exact) mass is 294 g/mol. The molecule has 16 heavy (non-hydrogen) atoms. The van der Waals surface area contributed by atoms with Crippen LogP contribution >= 0.6 is 15.9 Å². The summed E-state index contributed by atoms with van der Waals surface area (Å²) in [6.45, 7) is 2.01. The molecule has 0 aliphatic carbocycles. The van der Waals surface area contributed by atoms with Crippen LogP contribution in [0.15, 0.2) is 62.8 Å². The smallest absolute Gasteiger partial charge is 0.0861 e. The van der Waals surface area contributed by atoms with Crippen LogP contribution in [0.4, 0.5) is 0 Å². The number of aryl methyl sites for hydroxylation is 1. The van der Waals surface area contributed by atoms with Gasteiger partial charge in [-0.15, -0.1) is 0 Å². The highest BCUT2D eigenvalue weighted by Gasteiger charge is 2.09. The first-order valence-electron chi connectivity index (χ1n) is 4.91. The summed E-state index contributed by atoms with van der Waals surface area (Å²) >= 11 is 3.45. The van der Waals surface area contributed by atoms with Gasteiger partial charge in [0.2, 0.25) is 0 Å². The maximum absolute atomic E-state index is 12.3. The third-order valence-electron chi connectivity index (χ3n) is 2.24. The molecule has 82 valence electrons. The number of rotatable bonds is 2.